The molecule has 1 fully saturated rings. The quantitative estimate of drug-likeness (QED) is 0.906. The maximum absolute atomic E-state index is 10.3. The lowest BCUT2D eigenvalue weighted by Crippen LogP contribution is -2.23. The van der Waals surface area contributed by atoms with Gasteiger partial charge in [0.05, 0.1) is 6.10 Å². The van der Waals surface area contributed by atoms with Crippen LogP contribution in [0.2, 0.25) is 0 Å². The average molecular weight is 282 g/mol. The second-order valence-electron chi connectivity index (χ2n) is 5.77. The van der Waals surface area contributed by atoms with Crippen molar-refractivity contribution in [1.82, 2.24) is 0 Å². The molecule has 2 heteroatoms. The Kier molecular flexibility index (Phi) is 4.56. The van der Waals surface area contributed by atoms with Crippen LogP contribution < -0.4 is 4.74 Å². The van der Waals surface area contributed by atoms with E-state index in [1.165, 1.54) is 6.42 Å². The maximum atomic E-state index is 10.3. The molecular formula is C19H22O2. The molecule has 2 aromatic carbocycles. The molecule has 21 heavy (non-hydrogen) atoms. The van der Waals surface area contributed by atoms with Crippen molar-refractivity contribution in [3.05, 3.63) is 65.7 Å². The number of para-hydroxylation sites is 1. The molecule has 1 N–H and O–H groups in total. The molecule has 110 valence electrons. The Morgan fingerprint density at radius 1 is 0.905 bits per heavy atom. The van der Waals surface area contributed by atoms with Crippen LogP contribution in [0.4, 0.5) is 0 Å². The standard InChI is InChI=1S/C19H22O2/c20-18-12-6-4-10-16(18)17-11-5-7-13-19(17)21-14-15-8-2-1-3-9-15/h1-3,5,7-9,11,13,16,18,20H,4,6,10,12,14H2/t16-,18+/m0/s1. The first kappa shape index (κ1) is 14.2. The molecule has 0 radical (unpaired) electrons. The van der Waals surface area contributed by atoms with E-state index < -0.39 is 0 Å². The third kappa shape index (κ3) is 3.45. The van der Waals surface area contributed by atoms with Crippen LogP contribution >= 0.6 is 0 Å². The van der Waals surface area contributed by atoms with Crippen molar-refractivity contribution in [2.24, 2.45) is 0 Å². The number of aliphatic hydroxyl groups excluding tert-OH is 1. The Bertz CT molecular complexity index is 565. The predicted molar refractivity (Wildman–Crippen MR) is 84.4 cm³/mol. The summed E-state index contributed by atoms with van der Waals surface area (Å²) in [6.45, 7) is 0.570. The van der Waals surface area contributed by atoms with Crippen LogP contribution in [0.5, 0.6) is 5.75 Å². The fourth-order valence-corrected chi connectivity index (χ4v) is 3.13. The molecule has 0 aliphatic heterocycles. The van der Waals surface area contributed by atoms with Gasteiger partial charge in [0.2, 0.25) is 0 Å². The Morgan fingerprint density at radius 3 is 2.43 bits per heavy atom. The van der Waals surface area contributed by atoms with E-state index in [2.05, 4.69) is 18.2 Å². The zero-order valence-electron chi connectivity index (χ0n) is 12.2. The lowest BCUT2D eigenvalue weighted by atomic mass is 9.81. The molecular weight excluding hydrogens is 260 g/mol. The van der Waals surface area contributed by atoms with E-state index in [4.69, 9.17) is 4.74 Å². The van der Waals surface area contributed by atoms with E-state index in [0.29, 0.717) is 6.61 Å². The number of rotatable bonds is 4. The summed E-state index contributed by atoms with van der Waals surface area (Å²) >= 11 is 0. The van der Waals surface area contributed by atoms with Crippen LogP contribution in [-0.2, 0) is 6.61 Å². The van der Waals surface area contributed by atoms with E-state index in [1.807, 2.05) is 36.4 Å². The third-order valence-electron chi connectivity index (χ3n) is 4.29. The first-order chi connectivity index (χ1) is 10.3. The lowest BCUT2D eigenvalue weighted by molar-refractivity contribution is 0.104. The molecule has 2 aromatic rings. The number of hydrogen-bond acceptors (Lipinski definition) is 2. The van der Waals surface area contributed by atoms with E-state index in [0.717, 1.165) is 36.1 Å². The third-order valence-corrected chi connectivity index (χ3v) is 4.29. The monoisotopic (exact) mass is 282 g/mol. The minimum atomic E-state index is -0.236. The first-order valence-electron chi connectivity index (χ1n) is 7.78. The van der Waals surface area contributed by atoms with Gasteiger partial charge in [0.15, 0.2) is 0 Å². The van der Waals surface area contributed by atoms with Crippen molar-refractivity contribution in [1.29, 1.82) is 0 Å². The fraction of sp³-hybridized carbons (Fsp3) is 0.368. The average Bonchev–Trinajstić information content (AvgIpc) is 2.55. The summed E-state index contributed by atoms with van der Waals surface area (Å²) < 4.78 is 6.01. The van der Waals surface area contributed by atoms with Crippen molar-refractivity contribution < 1.29 is 9.84 Å². The van der Waals surface area contributed by atoms with Crippen molar-refractivity contribution in [3.8, 4) is 5.75 Å². The van der Waals surface area contributed by atoms with Gasteiger partial charge in [-0.2, -0.15) is 0 Å². The van der Waals surface area contributed by atoms with Gasteiger partial charge in [-0.3, -0.25) is 0 Å². The van der Waals surface area contributed by atoms with E-state index in [-0.39, 0.29) is 12.0 Å². The van der Waals surface area contributed by atoms with E-state index in [1.54, 1.807) is 0 Å². The van der Waals surface area contributed by atoms with E-state index >= 15 is 0 Å². The van der Waals surface area contributed by atoms with Crippen LogP contribution in [0.1, 0.15) is 42.7 Å². The van der Waals surface area contributed by atoms with Crippen LogP contribution in [0, 0.1) is 0 Å². The molecule has 1 aliphatic rings. The van der Waals surface area contributed by atoms with E-state index in [9.17, 15) is 5.11 Å². The fourth-order valence-electron chi connectivity index (χ4n) is 3.13. The number of ether oxygens (including phenoxy) is 1. The molecule has 0 saturated heterocycles. The Morgan fingerprint density at radius 2 is 1.62 bits per heavy atom. The zero-order chi connectivity index (χ0) is 14.5. The second-order valence-corrected chi connectivity index (χ2v) is 5.77. The molecule has 0 amide bonds. The molecule has 0 spiro atoms. The number of benzene rings is 2. The zero-order valence-corrected chi connectivity index (χ0v) is 12.2. The molecule has 1 saturated carbocycles. The first-order valence-corrected chi connectivity index (χ1v) is 7.78. The van der Waals surface area contributed by atoms with Gasteiger partial charge >= 0.3 is 0 Å². The van der Waals surface area contributed by atoms with Crippen molar-refractivity contribution in [2.45, 2.75) is 44.3 Å². The van der Waals surface area contributed by atoms with Gasteiger partial charge in [-0.1, -0.05) is 61.4 Å². The molecule has 2 atom stereocenters. The van der Waals surface area contributed by atoms with Gasteiger partial charge in [0, 0.05) is 5.92 Å². The molecule has 2 nitrogen and oxygen atoms in total. The highest BCUT2D eigenvalue weighted by Gasteiger charge is 2.26. The molecule has 0 unspecified atom stereocenters. The number of aliphatic hydroxyl groups is 1. The van der Waals surface area contributed by atoms with Crippen LogP contribution in [0.25, 0.3) is 0 Å². The Balaban J connectivity index is 1.76. The summed E-state index contributed by atoms with van der Waals surface area (Å²) in [5.41, 5.74) is 2.32. The lowest BCUT2D eigenvalue weighted by Gasteiger charge is -2.29. The summed E-state index contributed by atoms with van der Waals surface area (Å²) in [4.78, 5) is 0. The summed E-state index contributed by atoms with van der Waals surface area (Å²) in [6, 6.07) is 18.3. The van der Waals surface area contributed by atoms with Gasteiger partial charge < -0.3 is 9.84 Å². The maximum Gasteiger partial charge on any atom is 0.123 e. The summed E-state index contributed by atoms with van der Waals surface area (Å²) in [5.74, 6) is 1.12. The van der Waals surface area contributed by atoms with Gasteiger partial charge in [-0.05, 0) is 30.0 Å². The molecule has 3 rings (SSSR count). The van der Waals surface area contributed by atoms with Crippen molar-refractivity contribution >= 4 is 0 Å². The molecule has 0 bridgehead atoms. The van der Waals surface area contributed by atoms with Crippen LogP contribution in [0.3, 0.4) is 0 Å². The Labute approximate surface area is 126 Å². The van der Waals surface area contributed by atoms with Crippen molar-refractivity contribution in [3.63, 3.8) is 0 Å². The topological polar surface area (TPSA) is 29.5 Å². The minimum absolute atomic E-state index is 0.214. The summed E-state index contributed by atoms with van der Waals surface area (Å²) in [6.07, 6.45) is 4.03. The molecule has 0 aromatic heterocycles. The van der Waals surface area contributed by atoms with Crippen LogP contribution in [-0.4, -0.2) is 11.2 Å². The highest BCUT2D eigenvalue weighted by molar-refractivity contribution is 5.37. The normalized spacial score (nSPS) is 22.0. The van der Waals surface area contributed by atoms with Gasteiger partial charge in [-0.15, -0.1) is 0 Å². The number of hydrogen-bond donors (Lipinski definition) is 1. The van der Waals surface area contributed by atoms with Gasteiger partial charge in [0.25, 0.3) is 0 Å². The Hall–Kier alpha value is -1.80. The van der Waals surface area contributed by atoms with Crippen LogP contribution in [0.15, 0.2) is 54.6 Å². The molecule has 1 aliphatic carbocycles. The molecule has 0 heterocycles. The van der Waals surface area contributed by atoms with Gasteiger partial charge in [0.1, 0.15) is 12.4 Å². The second kappa shape index (κ2) is 6.77. The highest BCUT2D eigenvalue weighted by atomic mass is 16.5. The highest BCUT2D eigenvalue weighted by Crippen LogP contribution is 2.37. The predicted octanol–water partition coefficient (Wildman–Crippen LogP) is 4.28. The smallest absolute Gasteiger partial charge is 0.123 e. The van der Waals surface area contributed by atoms with Crippen molar-refractivity contribution in [2.75, 3.05) is 0 Å². The largest absolute Gasteiger partial charge is 0.489 e. The summed E-state index contributed by atoms with van der Waals surface area (Å²) in [7, 11) is 0. The summed E-state index contributed by atoms with van der Waals surface area (Å²) in [5, 5.41) is 10.3. The minimum Gasteiger partial charge on any atom is -0.489 e. The SMILES string of the molecule is O[C@@H]1CCCC[C@H]1c1ccccc1OCc1ccccc1. The van der Waals surface area contributed by atoms with Gasteiger partial charge in [-0.25, -0.2) is 0 Å².